The Hall–Kier alpha value is -0.810. The first-order valence-electron chi connectivity index (χ1n) is 5.59. The largest absolute Gasteiger partial charge is 0.434 e. The van der Waals surface area contributed by atoms with Gasteiger partial charge < -0.3 is 10.1 Å². The second-order valence-corrected chi connectivity index (χ2v) is 5.53. The summed E-state index contributed by atoms with van der Waals surface area (Å²) >= 11 is 1.74. The summed E-state index contributed by atoms with van der Waals surface area (Å²) in [6.45, 7) is 0.277. The van der Waals surface area contributed by atoms with E-state index in [9.17, 15) is 8.78 Å². The van der Waals surface area contributed by atoms with Crippen LogP contribution in [0.5, 0.6) is 5.75 Å². The number of para-hydroxylation sites is 1. The van der Waals surface area contributed by atoms with Gasteiger partial charge in [0.25, 0.3) is 0 Å². The highest BCUT2D eigenvalue weighted by Crippen LogP contribution is 2.38. The van der Waals surface area contributed by atoms with Gasteiger partial charge in [-0.05, 0) is 19.0 Å². The Morgan fingerprint density at radius 1 is 1.41 bits per heavy atom. The molecule has 2 unspecified atom stereocenters. The van der Waals surface area contributed by atoms with Gasteiger partial charge in [-0.3, -0.25) is 0 Å². The van der Waals surface area contributed by atoms with Crippen LogP contribution in [0, 0.1) is 0 Å². The maximum atomic E-state index is 12.3. The second-order valence-electron chi connectivity index (χ2n) is 3.99. The maximum absolute atomic E-state index is 12.3. The molecule has 1 heterocycles. The molecule has 0 saturated carbocycles. The van der Waals surface area contributed by atoms with E-state index in [1.165, 1.54) is 0 Å². The lowest BCUT2D eigenvalue weighted by Crippen LogP contribution is -2.29. The summed E-state index contributed by atoms with van der Waals surface area (Å²) in [6.07, 6.45) is 1.10. The number of thioether (sulfide) groups is 1. The van der Waals surface area contributed by atoms with Crippen molar-refractivity contribution in [2.45, 2.75) is 30.6 Å². The molecule has 0 amide bonds. The summed E-state index contributed by atoms with van der Waals surface area (Å²) < 4.78 is 29.1. The molecule has 1 fully saturated rings. The van der Waals surface area contributed by atoms with Crippen LogP contribution in [0.1, 0.15) is 24.3 Å². The predicted molar refractivity (Wildman–Crippen MR) is 65.5 cm³/mol. The maximum Gasteiger partial charge on any atom is 0.387 e. The summed E-state index contributed by atoms with van der Waals surface area (Å²) in [5.41, 5.74) is 0.796. The molecule has 2 nitrogen and oxygen atoms in total. The average molecular weight is 259 g/mol. The van der Waals surface area contributed by atoms with Crippen molar-refractivity contribution in [3.05, 3.63) is 29.8 Å². The molecule has 0 aliphatic carbocycles. The third kappa shape index (κ3) is 3.33. The minimum absolute atomic E-state index is 0.0358. The molecule has 1 aliphatic rings. The monoisotopic (exact) mass is 259 g/mol. The molecule has 94 valence electrons. The molecule has 1 saturated heterocycles. The minimum atomic E-state index is -2.78. The van der Waals surface area contributed by atoms with Crippen LogP contribution in [0.3, 0.4) is 0 Å². The third-order valence-electron chi connectivity index (χ3n) is 2.67. The van der Waals surface area contributed by atoms with Gasteiger partial charge in [-0.2, -0.15) is 8.78 Å². The molecule has 1 aromatic carbocycles. The van der Waals surface area contributed by atoms with Gasteiger partial charge in [0.2, 0.25) is 0 Å². The van der Waals surface area contributed by atoms with E-state index in [1.807, 2.05) is 12.1 Å². The highest BCUT2D eigenvalue weighted by molar-refractivity contribution is 8.00. The quantitative estimate of drug-likeness (QED) is 0.899. The number of hydrogen-bond donors (Lipinski definition) is 1. The highest BCUT2D eigenvalue weighted by Gasteiger charge is 2.23. The molecule has 0 bridgehead atoms. The van der Waals surface area contributed by atoms with Crippen molar-refractivity contribution in [1.82, 2.24) is 5.32 Å². The van der Waals surface area contributed by atoms with Gasteiger partial charge >= 0.3 is 6.61 Å². The van der Waals surface area contributed by atoms with E-state index in [2.05, 4.69) is 17.0 Å². The highest BCUT2D eigenvalue weighted by atomic mass is 32.2. The number of alkyl halides is 2. The molecule has 1 N–H and O–H groups in total. The normalized spacial score (nSPS) is 24.9. The van der Waals surface area contributed by atoms with Gasteiger partial charge in [-0.25, -0.2) is 0 Å². The van der Waals surface area contributed by atoms with Crippen molar-refractivity contribution in [3.63, 3.8) is 0 Å². The zero-order valence-corrected chi connectivity index (χ0v) is 10.3. The fraction of sp³-hybridized carbons (Fsp3) is 0.500. The van der Waals surface area contributed by atoms with E-state index in [0.29, 0.717) is 5.25 Å². The Kier molecular flexibility index (Phi) is 4.23. The lowest BCUT2D eigenvalue weighted by atomic mass is 10.2. The molecular weight excluding hydrogens is 244 g/mol. The van der Waals surface area contributed by atoms with Gasteiger partial charge in [0.05, 0.1) is 5.37 Å². The molecule has 2 atom stereocenters. The topological polar surface area (TPSA) is 21.3 Å². The summed E-state index contributed by atoms with van der Waals surface area (Å²) in [5.74, 6) is 0.265. The Labute approximate surface area is 104 Å². The number of benzene rings is 1. The van der Waals surface area contributed by atoms with Crippen LogP contribution in [0.15, 0.2) is 24.3 Å². The first kappa shape index (κ1) is 12.6. The zero-order chi connectivity index (χ0) is 12.3. The van der Waals surface area contributed by atoms with Crippen molar-refractivity contribution in [3.8, 4) is 5.75 Å². The van der Waals surface area contributed by atoms with Crippen molar-refractivity contribution in [1.29, 1.82) is 0 Å². The van der Waals surface area contributed by atoms with E-state index in [1.54, 1.807) is 23.9 Å². The molecule has 0 spiro atoms. The molecular formula is C12H15F2NOS. The number of ether oxygens (including phenoxy) is 1. The number of halogens is 2. The molecule has 2 rings (SSSR count). The molecule has 0 radical (unpaired) electrons. The summed E-state index contributed by atoms with van der Waals surface area (Å²) in [6, 6.07) is 6.97. The number of nitrogens with one attached hydrogen (secondary N) is 1. The lowest BCUT2D eigenvalue weighted by Gasteiger charge is -2.29. The van der Waals surface area contributed by atoms with Crippen LogP contribution < -0.4 is 10.1 Å². The summed E-state index contributed by atoms with van der Waals surface area (Å²) in [5, 5.41) is 3.88. The molecule has 1 aliphatic heterocycles. The number of rotatable bonds is 3. The lowest BCUT2D eigenvalue weighted by molar-refractivity contribution is -0.0505. The Morgan fingerprint density at radius 3 is 2.88 bits per heavy atom. The van der Waals surface area contributed by atoms with E-state index in [0.717, 1.165) is 18.5 Å². The van der Waals surface area contributed by atoms with Crippen molar-refractivity contribution in [2.75, 3.05) is 6.54 Å². The van der Waals surface area contributed by atoms with Crippen LogP contribution in [0.2, 0.25) is 0 Å². The number of hydrogen-bond acceptors (Lipinski definition) is 3. The Bertz CT molecular complexity index is 375. The predicted octanol–water partition coefficient (Wildman–Crippen LogP) is 3.40. The van der Waals surface area contributed by atoms with Crippen molar-refractivity contribution >= 4 is 11.8 Å². The van der Waals surface area contributed by atoms with Gasteiger partial charge in [0.15, 0.2) is 0 Å². The van der Waals surface area contributed by atoms with Crippen LogP contribution in [0.25, 0.3) is 0 Å². The first-order chi connectivity index (χ1) is 8.16. The van der Waals surface area contributed by atoms with Crippen LogP contribution in [-0.4, -0.2) is 18.4 Å². The molecule has 17 heavy (non-hydrogen) atoms. The van der Waals surface area contributed by atoms with Gasteiger partial charge in [-0.15, -0.1) is 11.8 Å². The van der Waals surface area contributed by atoms with E-state index in [-0.39, 0.29) is 11.1 Å². The summed E-state index contributed by atoms with van der Waals surface area (Å²) in [7, 11) is 0. The van der Waals surface area contributed by atoms with Crippen LogP contribution >= 0.6 is 11.8 Å². The molecule has 0 aromatic heterocycles. The average Bonchev–Trinajstić information content (AvgIpc) is 2.29. The minimum Gasteiger partial charge on any atom is -0.434 e. The molecule has 5 heteroatoms. The van der Waals surface area contributed by atoms with Crippen LogP contribution in [-0.2, 0) is 0 Å². The van der Waals surface area contributed by atoms with Crippen molar-refractivity contribution in [2.24, 2.45) is 0 Å². The van der Waals surface area contributed by atoms with Gasteiger partial charge in [-0.1, -0.05) is 25.1 Å². The zero-order valence-electron chi connectivity index (χ0n) is 9.53. The Morgan fingerprint density at radius 2 is 2.18 bits per heavy atom. The van der Waals surface area contributed by atoms with Crippen LogP contribution in [0.4, 0.5) is 8.78 Å². The Balaban J connectivity index is 2.18. The smallest absolute Gasteiger partial charge is 0.387 e. The van der Waals surface area contributed by atoms with E-state index < -0.39 is 6.61 Å². The fourth-order valence-electron chi connectivity index (χ4n) is 1.85. The summed E-state index contributed by atoms with van der Waals surface area (Å²) in [4.78, 5) is 0. The van der Waals surface area contributed by atoms with Gasteiger partial charge in [0.1, 0.15) is 5.75 Å². The third-order valence-corrected chi connectivity index (χ3v) is 4.06. The fourth-order valence-corrected chi connectivity index (χ4v) is 3.12. The van der Waals surface area contributed by atoms with E-state index >= 15 is 0 Å². The standard InChI is InChI=1S/C12H15F2NOS/c1-8-6-7-15-11(17-8)9-4-2-3-5-10(9)16-12(13)14/h2-5,8,11-12,15H,6-7H2,1H3. The first-order valence-corrected chi connectivity index (χ1v) is 6.53. The van der Waals surface area contributed by atoms with Gasteiger partial charge in [0, 0.05) is 10.8 Å². The second kappa shape index (κ2) is 5.69. The molecule has 1 aromatic rings. The SMILES string of the molecule is CC1CCNC(c2ccccc2OC(F)F)S1. The van der Waals surface area contributed by atoms with E-state index in [4.69, 9.17) is 0 Å². The van der Waals surface area contributed by atoms with Crippen molar-refractivity contribution < 1.29 is 13.5 Å².